The molecule has 2 aliphatic heterocycles. The van der Waals surface area contributed by atoms with Crippen LogP contribution in [0, 0.1) is 11.3 Å². The van der Waals surface area contributed by atoms with Crippen molar-refractivity contribution in [3.8, 4) is 0 Å². The van der Waals surface area contributed by atoms with Crippen LogP contribution in [-0.2, 0) is 0 Å². The lowest BCUT2D eigenvalue weighted by molar-refractivity contribution is 0.0955. The molecule has 0 aliphatic carbocycles. The van der Waals surface area contributed by atoms with Crippen molar-refractivity contribution in [2.24, 2.45) is 17.1 Å². The van der Waals surface area contributed by atoms with Crippen LogP contribution >= 0.6 is 0 Å². The smallest absolute Gasteiger partial charge is 0.00364 e. The van der Waals surface area contributed by atoms with Gasteiger partial charge < -0.3 is 15.5 Å². The summed E-state index contributed by atoms with van der Waals surface area (Å²) >= 11 is 0. The number of likely N-dealkylation sites (tertiary alicyclic amines) is 2. The summed E-state index contributed by atoms with van der Waals surface area (Å²) in [5.74, 6) is 0.759. The molecule has 3 nitrogen and oxygen atoms in total. The first-order valence-corrected chi connectivity index (χ1v) is 6.72. The van der Waals surface area contributed by atoms with Gasteiger partial charge in [0.25, 0.3) is 0 Å². The van der Waals surface area contributed by atoms with Crippen molar-refractivity contribution in [3.05, 3.63) is 0 Å². The Morgan fingerprint density at radius 2 is 1.94 bits per heavy atom. The average Bonchev–Trinajstić information content (AvgIpc) is 2.70. The monoisotopic (exact) mass is 225 g/mol. The zero-order chi connectivity index (χ0) is 11.6. The highest BCUT2D eigenvalue weighted by molar-refractivity contribution is 4.87. The molecule has 0 bridgehead atoms. The van der Waals surface area contributed by atoms with Crippen LogP contribution in [0.2, 0.25) is 0 Å². The van der Waals surface area contributed by atoms with Crippen LogP contribution in [0.5, 0.6) is 0 Å². The van der Waals surface area contributed by atoms with Crippen LogP contribution in [-0.4, -0.2) is 56.1 Å². The number of hydrogen-bond acceptors (Lipinski definition) is 3. The molecule has 0 aromatic carbocycles. The normalized spacial score (nSPS) is 32.1. The van der Waals surface area contributed by atoms with Gasteiger partial charge >= 0.3 is 0 Å². The van der Waals surface area contributed by atoms with Gasteiger partial charge in [0.1, 0.15) is 0 Å². The van der Waals surface area contributed by atoms with E-state index in [1.807, 2.05) is 0 Å². The van der Waals surface area contributed by atoms with Crippen molar-refractivity contribution in [1.29, 1.82) is 0 Å². The number of rotatable bonds is 3. The summed E-state index contributed by atoms with van der Waals surface area (Å²) in [6, 6.07) is 0. The van der Waals surface area contributed by atoms with E-state index >= 15 is 0 Å². The minimum Gasteiger partial charge on any atom is -0.330 e. The quantitative estimate of drug-likeness (QED) is 0.778. The van der Waals surface area contributed by atoms with Crippen LogP contribution in [0.4, 0.5) is 0 Å². The van der Waals surface area contributed by atoms with Gasteiger partial charge in [-0.2, -0.15) is 0 Å². The van der Waals surface area contributed by atoms with Crippen molar-refractivity contribution in [1.82, 2.24) is 9.80 Å². The minimum absolute atomic E-state index is 0.552. The van der Waals surface area contributed by atoms with Crippen LogP contribution in [0.1, 0.15) is 26.2 Å². The summed E-state index contributed by atoms with van der Waals surface area (Å²) in [6.45, 7) is 9.67. The predicted octanol–water partition coefficient (Wildman–Crippen LogP) is 0.999. The lowest BCUT2D eigenvalue weighted by Crippen LogP contribution is -2.43. The fourth-order valence-electron chi connectivity index (χ4n) is 3.11. The largest absolute Gasteiger partial charge is 0.330 e. The molecule has 2 aliphatic rings. The molecule has 0 radical (unpaired) electrons. The minimum atomic E-state index is 0.552. The topological polar surface area (TPSA) is 32.5 Å². The number of nitrogens with two attached hydrogens (primary N) is 1. The maximum absolute atomic E-state index is 5.75. The molecule has 1 unspecified atom stereocenters. The first kappa shape index (κ1) is 12.3. The first-order chi connectivity index (χ1) is 7.61. The van der Waals surface area contributed by atoms with E-state index < -0.39 is 0 Å². The molecule has 0 amide bonds. The van der Waals surface area contributed by atoms with Gasteiger partial charge in [0.2, 0.25) is 0 Å². The lowest BCUT2D eigenvalue weighted by atomic mass is 9.80. The van der Waals surface area contributed by atoms with Gasteiger partial charge in [-0.25, -0.2) is 0 Å². The van der Waals surface area contributed by atoms with Crippen LogP contribution in [0.25, 0.3) is 0 Å². The van der Waals surface area contributed by atoms with Crippen molar-refractivity contribution < 1.29 is 0 Å². The Balaban J connectivity index is 1.80. The van der Waals surface area contributed by atoms with Crippen LogP contribution in [0.15, 0.2) is 0 Å². The second kappa shape index (κ2) is 5.03. The Morgan fingerprint density at radius 3 is 2.50 bits per heavy atom. The highest BCUT2D eigenvalue weighted by Gasteiger charge is 2.33. The van der Waals surface area contributed by atoms with Gasteiger partial charge in [0.15, 0.2) is 0 Å². The first-order valence-electron chi connectivity index (χ1n) is 6.72. The van der Waals surface area contributed by atoms with Gasteiger partial charge in [-0.3, -0.25) is 0 Å². The van der Waals surface area contributed by atoms with Crippen molar-refractivity contribution >= 4 is 0 Å². The molecular formula is C13H27N3. The van der Waals surface area contributed by atoms with Gasteiger partial charge in [-0.05, 0) is 63.8 Å². The van der Waals surface area contributed by atoms with Crippen LogP contribution in [0.3, 0.4) is 0 Å². The zero-order valence-corrected chi connectivity index (χ0v) is 10.9. The predicted molar refractivity (Wildman–Crippen MR) is 68.4 cm³/mol. The Labute approximate surface area is 100.0 Å². The van der Waals surface area contributed by atoms with E-state index in [9.17, 15) is 0 Å². The molecule has 2 heterocycles. The molecule has 0 spiro atoms. The van der Waals surface area contributed by atoms with E-state index in [1.54, 1.807) is 0 Å². The number of nitrogens with zero attached hydrogens (tertiary/aromatic N) is 2. The van der Waals surface area contributed by atoms with Crippen molar-refractivity contribution in [2.45, 2.75) is 26.2 Å². The Bertz CT molecular complexity index is 221. The van der Waals surface area contributed by atoms with E-state index in [0.717, 1.165) is 12.5 Å². The third-order valence-electron chi connectivity index (χ3n) is 4.50. The molecule has 0 aromatic heterocycles. The average molecular weight is 225 g/mol. The van der Waals surface area contributed by atoms with Gasteiger partial charge in [0.05, 0.1) is 0 Å². The summed E-state index contributed by atoms with van der Waals surface area (Å²) in [4.78, 5) is 5.09. The van der Waals surface area contributed by atoms with Crippen molar-refractivity contribution in [2.75, 3.05) is 46.3 Å². The van der Waals surface area contributed by atoms with Crippen molar-refractivity contribution in [3.63, 3.8) is 0 Å². The SMILES string of the molecule is CN1CCC(C)(CN2CCC(CN)C2)CC1. The third kappa shape index (κ3) is 2.96. The Kier molecular flexibility index (Phi) is 3.88. The molecular weight excluding hydrogens is 198 g/mol. The van der Waals surface area contributed by atoms with E-state index in [1.165, 1.54) is 52.0 Å². The fourth-order valence-corrected chi connectivity index (χ4v) is 3.11. The molecule has 94 valence electrons. The Hall–Kier alpha value is -0.120. The van der Waals surface area contributed by atoms with Gasteiger partial charge in [0, 0.05) is 13.1 Å². The second-order valence-electron chi connectivity index (χ2n) is 6.24. The molecule has 16 heavy (non-hydrogen) atoms. The molecule has 2 N–H and O–H groups in total. The summed E-state index contributed by atoms with van der Waals surface area (Å²) in [5.41, 5.74) is 6.30. The van der Waals surface area contributed by atoms with E-state index in [2.05, 4.69) is 23.8 Å². The van der Waals surface area contributed by atoms with E-state index in [-0.39, 0.29) is 0 Å². The highest BCUT2D eigenvalue weighted by Crippen LogP contribution is 2.32. The second-order valence-corrected chi connectivity index (χ2v) is 6.24. The molecule has 0 aromatic rings. The summed E-state index contributed by atoms with van der Waals surface area (Å²) in [5, 5.41) is 0. The van der Waals surface area contributed by atoms with E-state index in [0.29, 0.717) is 5.41 Å². The lowest BCUT2D eigenvalue weighted by Gasteiger charge is -2.40. The van der Waals surface area contributed by atoms with E-state index in [4.69, 9.17) is 5.73 Å². The fraction of sp³-hybridized carbons (Fsp3) is 1.00. The molecule has 1 atom stereocenters. The standard InChI is InChI=1S/C13H27N3/c1-13(4-7-15(2)8-5-13)11-16-6-3-12(9-14)10-16/h12H,3-11,14H2,1-2H3. The maximum atomic E-state index is 5.75. The molecule has 2 saturated heterocycles. The molecule has 3 heteroatoms. The maximum Gasteiger partial charge on any atom is 0.00364 e. The Morgan fingerprint density at radius 1 is 1.25 bits per heavy atom. The highest BCUT2D eigenvalue weighted by atomic mass is 15.2. The molecule has 2 fully saturated rings. The number of piperidine rings is 1. The number of hydrogen-bond donors (Lipinski definition) is 1. The molecule has 0 saturated carbocycles. The summed E-state index contributed by atoms with van der Waals surface area (Å²) in [6.07, 6.45) is 4.02. The zero-order valence-electron chi connectivity index (χ0n) is 10.9. The summed E-state index contributed by atoms with van der Waals surface area (Å²) < 4.78 is 0. The van der Waals surface area contributed by atoms with Gasteiger partial charge in [-0.15, -0.1) is 0 Å². The third-order valence-corrected chi connectivity index (χ3v) is 4.50. The molecule has 2 rings (SSSR count). The van der Waals surface area contributed by atoms with Crippen LogP contribution < -0.4 is 5.73 Å². The van der Waals surface area contributed by atoms with Gasteiger partial charge in [-0.1, -0.05) is 6.92 Å². The summed E-state index contributed by atoms with van der Waals surface area (Å²) in [7, 11) is 2.24.